The van der Waals surface area contributed by atoms with Gasteiger partial charge in [-0.05, 0) is 43.9 Å². The van der Waals surface area contributed by atoms with Gasteiger partial charge in [0.1, 0.15) is 5.82 Å². The number of hydrogen-bond donors (Lipinski definition) is 1. The Balaban J connectivity index is 1.99. The number of halogens is 4. The van der Waals surface area contributed by atoms with E-state index in [1.54, 1.807) is 7.11 Å². The average Bonchev–Trinajstić information content (AvgIpc) is 2.69. The van der Waals surface area contributed by atoms with E-state index in [2.05, 4.69) is 10.3 Å². The van der Waals surface area contributed by atoms with Crippen molar-refractivity contribution in [3.05, 3.63) is 35.1 Å². The predicted octanol–water partition coefficient (Wildman–Crippen LogP) is 3.83. The molecule has 2 rings (SSSR count). The fraction of sp³-hybridized carbons (Fsp3) is 0.650. The van der Waals surface area contributed by atoms with Crippen LogP contribution in [0.25, 0.3) is 0 Å². The number of rotatable bonds is 8. The molecule has 0 atom stereocenters. The van der Waals surface area contributed by atoms with Gasteiger partial charge in [-0.25, -0.2) is 9.38 Å². The molecule has 1 aliphatic rings. The van der Waals surface area contributed by atoms with Crippen molar-refractivity contribution in [1.82, 2.24) is 10.2 Å². The third kappa shape index (κ3) is 7.47. The largest absolute Gasteiger partial charge is 0.416 e. The highest BCUT2D eigenvalue weighted by Crippen LogP contribution is 2.33. The Labute approximate surface area is 169 Å². The quantitative estimate of drug-likeness (QED) is 0.301. The molecule has 0 saturated carbocycles. The molecule has 1 N–H and O–H groups in total. The van der Waals surface area contributed by atoms with Crippen LogP contribution in [-0.4, -0.2) is 56.9 Å². The SMILES string of the molecule is CCNC(=NCc1ccc(F)cc1C(F)(F)F)N1CCC(OCCCOC)CC1. The van der Waals surface area contributed by atoms with E-state index in [9.17, 15) is 17.6 Å². The minimum atomic E-state index is -4.62. The predicted molar refractivity (Wildman–Crippen MR) is 103 cm³/mol. The maximum absolute atomic E-state index is 13.3. The molecule has 1 saturated heterocycles. The molecule has 0 bridgehead atoms. The van der Waals surface area contributed by atoms with Gasteiger partial charge in [-0.2, -0.15) is 13.2 Å². The number of ether oxygens (including phenoxy) is 2. The van der Waals surface area contributed by atoms with Crippen LogP contribution in [0.1, 0.15) is 37.3 Å². The van der Waals surface area contributed by atoms with Crippen molar-refractivity contribution in [2.75, 3.05) is 40.0 Å². The molecule has 9 heteroatoms. The Morgan fingerprint density at radius 1 is 1.24 bits per heavy atom. The van der Waals surface area contributed by atoms with E-state index in [4.69, 9.17) is 9.47 Å². The van der Waals surface area contributed by atoms with Crippen molar-refractivity contribution < 1.29 is 27.0 Å². The molecule has 0 aliphatic carbocycles. The number of nitrogens with zero attached hydrogens (tertiary/aromatic N) is 2. The van der Waals surface area contributed by atoms with E-state index >= 15 is 0 Å². The zero-order valence-corrected chi connectivity index (χ0v) is 16.9. The number of benzene rings is 1. The second-order valence-electron chi connectivity index (χ2n) is 6.87. The number of nitrogens with one attached hydrogen (secondary N) is 1. The molecule has 0 unspecified atom stereocenters. The van der Waals surface area contributed by atoms with Crippen molar-refractivity contribution in [1.29, 1.82) is 0 Å². The molecule has 0 radical (unpaired) electrons. The van der Waals surface area contributed by atoms with Crippen LogP contribution in [0.5, 0.6) is 0 Å². The topological polar surface area (TPSA) is 46.1 Å². The lowest BCUT2D eigenvalue weighted by atomic mass is 10.1. The summed E-state index contributed by atoms with van der Waals surface area (Å²) in [6, 6.07) is 2.69. The zero-order valence-electron chi connectivity index (χ0n) is 16.9. The summed E-state index contributed by atoms with van der Waals surface area (Å²) < 4.78 is 63.7. The van der Waals surface area contributed by atoms with Crippen molar-refractivity contribution >= 4 is 5.96 Å². The number of methoxy groups -OCH3 is 1. The first kappa shape index (κ1) is 23.4. The van der Waals surface area contributed by atoms with Crippen LogP contribution in [0.4, 0.5) is 17.6 Å². The average molecular weight is 419 g/mol. The first-order chi connectivity index (χ1) is 13.8. The molecule has 0 amide bonds. The molecular formula is C20H29F4N3O2. The summed E-state index contributed by atoms with van der Waals surface area (Å²) in [5.74, 6) is -0.354. The summed E-state index contributed by atoms with van der Waals surface area (Å²) in [6.07, 6.45) is -1.97. The maximum atomic E-state index is 13.3. The van der Waals surface area contributed by atoms with Crippen molar-refractivity contribution in [2.45, 2.75) is 45.0 Å². The first-order valence-electron chi connectivity index (χ1n) is 9.84. The molecular weight excluding hydrogens is 390 g/mol. The van der Waals surface area contributed by atoms with Gasteiger partial charge in [-0.15, -0.1) is 0 Å². The normalized spacial score (nSPS) is 16.3. The number of aliphatic imine (C=N–C) groups is 1. The van der Waals surface area contributed by atoms with Crippen LogP contribution < -0.4 is 5.32 Å². The summed E-state index contributed by atoms with van der Waals surface area (Å²) in [5.41, 5.74) is -1.04. The molecule has 1 heterocycles. The molecule has 164 valence electrons. The molecule has 0 spiro atoms. The Morgan fingerprint density at radius 2 is 1.97 bits per heavy atom. The Hall–Kier alpha value is -1.87. The highest BCUT2D eigenvalue weighted by atomic mass is 19.4. The highest BCUT2D eigenvalue weighted by molar-refractivity contribution is 5.80. The summed E-state index contributed by atoms with van der Waals surface area (Å²) in [6.45, 7) is 5.05. The van der Waals surface area contributed by atoms with Gasteiger partial charge in [0, 0.05) is 40.0 Å². The van der Waals surface area contributed by atoms with Crippen LogP contribution in [-0.2, 0) is 22.2 Å². The summed E-state index contributed by atoms with van der Waals surface area (Å²) in [5, 5.41) is 3.13. The fourth-order valence-electron chi connectivity index (χ4n) is 3.22. The number of piperidine rings is 1. The van der Waals surface area contributed by atoms with E-state index in [1.807, 2.05) is 11.8 Å². The van der Waals surface area contributed by atoms with Gasteiger partial charge < -0.3 is 19.7 Å². The number of likely N-dealkylation sites (tertiary alicyclic amines) is 1. The van der Waals surface area contributed by atoms with Crippen LogP contribution in [0.2, 0.25) is 0 Å². The third-order valence-electron chi connectivity index (χ3n) is 4.70. The summed E-state index contributed by atoms with van der Waals surface area (Å²) >= 11 is 0. The molecule has 5 nitrogen and oxygen atoms in total. The summed E-state index contributed by atoms with van der Waals surface area (Å²) in [7, 11) is 1.66. The van der Waals surface area contributed by atoms with Crippen LogP contribution >= 0.6 is 0 Å². The minimum absolute atomic E-state index is 0.0503. The number of alkyl halides is 3. The zero-order chi connectivity index (χ0) is 21.3. The van der Waals surface area contributed by atoms with Crippen molar-refractivity contribution in [3.8, 4) is 0 Å². The lowest BCUT2D eigenvalue weighted by Crippen LogP contribution is -2.47. The lowest BCUT2D eigenvalue weighted by Gasteiger charge is -2.34. The van der Waals surface area contributed by atoms with Crippen LogP contribution in [0.3, 0.4) is 0 Å². The van der Waals surface area contributed by atoms with Gasteiger partial charge in [-0.3, -0.25) is 0 Å². The second-order valence-corrected chi connectivity index (χ2v) is 6.87. The Morgan fingerprint density at radius 3 is 2.59 bits per heavy atom. The van der Waals surface area contributed by atoms with Gasteiger partial charge in [0.2, 0.25) is 0 Å². The number of guanidine groups is 1. The van der Waals surface area contributed by atoms with E-state index in [0.29, 0.717) is 44.9 Å². The second kappa shape index (κ2) is 11.3. The fourth-order valence-corrected chi connectivity index (χ4v) is 3.22. The molecule has 1 aliphatic heterocycles. The molecule has 1 fully saturated rings. The monoisotopic (exact) mass is 419 g/mol. The Kier molecular flexibility index (Phi) is 9.16. The minimum Gasteiger partial charge on any atom is -0.385 e. The molecule has 0 aromatic heterocycles. The highest BCUT2D eigenvalue weighted by Gasteiger charge is 2.33. The smallest absolute Gasteiger partial charge is 0.385 e. The first-order valence-corrected chi connectivity index (χ1v) is 9.84. The molecule has 1 aromatic rings. The lowest BCUT2D eigenvalue weighted by molar-refractivity contribution is -0.138. The van der Waals surface area contributed by atoms with Gasteiger partial charge in [0.05, 0.1) is 18.2 Å². The molecule has 1 aromatic carbocycles. The van der Waals surface area contributed by atoms with Gasteiger partial charge in [0.15, 0.2) is 5.96 Å². The van der Waals surface area contributed by atoms with Gasteiger partial charge >= 0.3 is 6.18 Å². The van der Waals surface area contributed by atoms with E-state index < -0.39 is 17.6 Å². The van der Waals surface area contributed by atoms with Crippen LogP contribution in [0.15, 0.2) is 23.2 Å². The Bertz CT molecular complexity index is 660. The molecule has 29 heavy (non-hydrogen) atoms. The van der Waals surface area contributed by atoms with E-state index in [0.717, 1.165) is 31.4 Å². The van der Waals surface area contributed by atoms with Gasteiger partial charge in [0.25, 0.3) is 0 Å². The van der Waals surface area contributed by atoms with Crippen molar-refractivity contribution in [3.63, 3.8) is 0 Å². The third-order valence-corrected chi connectivity index (χ3v) is 4.70. The van der Waals surface area contributed by atoms with Crippen molar-refractivity contribution in [2.24, 2.45) is 4.99 Å². The number of hydrogen-bond acceptors (Lipinski definition) is 3. The van der Waals surface area contributed by atoms with E-state index in [1.165, 1.54) is 0 Å². The van der Waals surface area contributed by atoms with E-state index in [-0.39, 0.29) is 18.2 Å². The maximum Gasteiger partial charge on any atom is 0.416 e. The summed E-state index contributed by atoms with van der Waals surface area (Å²) in [4.78, 5) is 6.40. The standard InChI is InChI=1S/C20H29F4N3O2/c1-3-25-19(27-9-7-17(8-10-27)29-12-4-11-28-2)26-14-15-5-6-16(21)13-18(15)20(22,23)24/h5-6,13,17H,3-4,7-12,14H2,1-2H3,(H,25,26). The van der Waals surface area contributed by atoms with Crippen LogP contribution in [0, 0.1) is 5.82 Å². The van der Waals surface area contributed by atoms with Gasteiger partial charge in [-0.1, -0.05) is 6.07 Å².